The summed E-state index contributed by atoms with van der Waals surface area (Å²) >= 11 is 3.38. The van der Waals surface area contributed by atoms with Gasteiger partial charge in [0, 0.05) is 13.6 Å². The van der Waals surface area contributed by atoms with Gasteiger partial charge >= 0.3 is 6.09 Å². The Morgan fingerprint density at radius 2 is 2.05 bits per heavy atom. The second kappa shape index (κ2) is 9.04. The van der Waals surface area contributed by atoms with Crippen molar-refractivity contribution >= 4 is 22.0 Å². The van der Waals surface area contributed by atoms with Crippen LogP contribution in [0, 0.1) is 0 Å². The highest BCUT2D eigenvalue weighted by Crippen LogP contribution is 2.18. The summed E-state index contributed by atoms with van der Waals surface area (Å²) in [4.78, 5) is 13.5. The number of carbonyl (C=O) groups is 1. The van der Waals surface area contributed by atoms with Crippen LogP contribution < -0.4 is 0 Å². The molecule has 1 N–H and O–H groups in total. The van der Waals surface area contributed by atoms with Gasteiger partial charge in [0.2, 0.25) is 0 Å². The fourth-order valence-electron chi connectivity index (χ4n) is 1.48. The highest BCUT2D eigenvalue weighted by Gasteiger charge is 2.23. The maximum atomic E-state index is 12.0. The van der Waals surface area contributed by atoms with E-state index in [0.29, 0.717) is 6.54 Å². The number of ether oxygens (including phenoxy) is 1. The van der Waals surface area contributed by atoms with Gasteiger partial charge < -0.3 is 9.84 Å². The Hall–Kier alpha value is -1.08. The Labute approximate surface area is 135 Å². The van der Waals surface area contributed by atoms with E-state index < -0.39 is 11.7 Å². The Morgan fingerprint density at radius 3 is 2.43 bits per heavy atom. The van der Waals surface area contributed by atoms with Crippen LogP contribution in [-0.4, -0.2) is 44.6 Å². The molecule has 21 heavy (non-hydrogen) atoms. The standard InChI is InChI=1S/C12H20BrN3O3.C2H6/c1-12(2,3)19-11(18)16(5-6-17)8-10-9(13)7-14-15(10)4;1-2/h7,17H,5-6,8H2,1-4H3;1-2H3. The van der Waals surface area contributed by atoms with Crippen molar-refractivity contribution in [2.24, 2.45) is 7.05 Å². The molecule has 122 valence electrons. The topological polar surface area (TPSA) is 67.6 Å². The summed E-state index contributed by atoms with van der Waals surface area (Å²) in [5.41, 5.74) is 0.286. The molecule has 0 atom stereocenters. The van der Waals surface area contributed by atoms with Gasteiger partial charge in [0.1, 0.15) is 5.60 Å². The maximum Gasteiger partial charge on any atom is 0.410 e. The number of nitrogens with zero attached hydrogens (tertiary/aromatic N) is 3. The lowest BCUT2D eigenvalue weighted by Gasteiger charge is -2.27. The van der Waals surface area contributed by atoms with E-state index in [1.54, 1.807) is 17.9 Å². The van der Waals surface area contributed by atoms with Crippen molar-refractivity contribution in [3.05, 3.63) is 16.4 Å². The molecular weight excluding hydrogens is 338 g/mol. The summed E-state index contributed by atoms with van der Waals surface area (Å²) in [7, 11) is 1.80. The van der Waals surface area contributed by atoms with Crippen LogP contribution in [0.2, 0.25) is 0 Å². The van der Waals surface area contributed by atoms with E-state index in [2.05, 4.69) is 21.0 Å². The first kappa shape index (κ1) is 19.9. The van der Waals surface area contributed by atoms with E-state index in [9.17, 15) is 4.79 Å². The van der Waals surface area contributed by atoms with Crippen molar-refractivity contribution in [3.63, 3.8) is 0 Å². The fraction of sp³-hybridized carbons (Fsp3) is 0.714. The molecule has 1 heterocycles. The number of aliphatic hydroxyl groups excluding tert-OH is 1. The Bertz CT molecular complexity index is 422. The molecule has 0 unspecified atom stereocenters. The summed E-state index contributed by atoms with van der Waals surface area (Å²) in [6, 6.07) is 0. The number of rotatable bonds is 4. The number of aryl methyl sites for hydroxylation is 1. The molecule has 0 aliphatic carbocycles. The molecule has 0 spiro atoms. The van der Waals surface area contributed by atoms with Crippen molar-refractivity contribution in [1.82, 2.24) is 14.7 Å². The molecule has 0 fully saturated rings. The van der Waals surface area contributed by atoms with Crippen LogP contribution in [0.25, 0.3) is 0 Å². The molecule has 0 aromatic carbocycles. The molecule has 0 radical (unpaired) electrons. The molecule has 1 rings (SSSR count). The van der Waals surface area contributed by atoms with Crippen LogP contribution >= 0.6 is 15.9 Å². The van der Waals surface area contributed by atoms with Crippen LogP contribution in [0.4, 0.5) is 4.79 Å². The highest BCUT2D eigenvalue weighted by atomic mass is 79.9. The average Bonchev–Trinajstić information content (AvgIpc) is 2.70. The normalized spacial score (nSPS) is 10.7. The van der Waals surface area contributed by atoms with E-state index in [-0.39, 0.29) is 13.2 Å². The monoisotopic (exact) mass is 363 g/mol. The van der Waals surface area contributed by atoms with Crippen molar-refractivity contribution in [3.8, 4) is 0 Å². The number of hydrogen-bond acceptors (Lipinski definition) is 4. The highest BCUT2D eigenvalue weighted by molar-refractivity contribution is 9.10. The zero-order chi connectivity index (χ0) is 16.6. The van der Waals surface area contributed by atoms with Crippen molar-refractivity contribution < 1.29 is 14.6 Å². The van der Waals surface area contributed by atoms with Gasteiger partial charge in [0.15, 0.2) is 0 Å². The van der Waals surface area contributed by atoms with E-state index in [4.69, 9.17) is 9.84 Å². The third kappa shape index (κ3) is 6.95. The van der Waals surface area contributed by atoms with Gasteiger partial charge in [0.05, 0.1) is 29.5 Å². The molecule has 7 heteroatoms. The number of aromatic nitrogens is 2. The van der Waals surface area contributed by atoms with Gasteiger partial charge in [-0.2, -0.15) is 5.10 Å². The fourth-order valence-corrected chi connectivity index (χ4v) is 1.95. The smallest absolute Gasteiger partial charge is 0.410 e. The van der Waals surface area contributed by atoms with Gasteiger partial charge in [-0.3, -0.25) is 9.58 Å². The summed E-state index contributed by atoms with van der Waals surface area (Å²) in [6.07, 6.45) is 1.22. The molecule has 6 nitrogen and oxygen atoms in total. The van der Waals surface area contributed by atoms with Crippen LogP contribution in [0.5, 0.6) is 0 Å². The molecule has 1 aromatic rings. The first-order valence-corrected chi connectivity index (χ1v) is 7.79. The summed E-state index contributed by atoms with van der Waals surface area (Å²) < 4.78 is 7.81. The van der Waals surface area contributed by atoms with E-state index in [0.717, 1.165) is 10.2 Å². The zero-order valence-electron chi connectivity index (χ0n) is 13.7. The van der Waals surface area contributed by atoms with Gasteiger partial charge in [0.25, 0.3) is 0 Å². The number of carbonyl (C=O) groups excluding carboxylic acids is 1. The lowest BCUT2D eigenvalue weighted by Crippen LogP contribution is -2.38. The SMILES string of the molecule is CC.Cn1ncc(Br)c1CN(CCO)C(=O)OC(C)(C)C. The largest absolute Gasteiger partial charge is 0.444 e. The number of amides is 1. The molecule has 0 saturated carbocycles. The lowest BCUT2D eigenvalue weighted by atomic mass is 10.2. The van der Waals surface area contributed by atoms with Crippen LogP contribution in [0.1, 0.15) is 40.3 Å². The Balaban J connectivity index is 0.00000191. The quantitative estimate of drug-likeness (QED) is 0.892. The average molecular weight is 364 g/mol. The second-order valence-electron chi connectivity index (χ2n) is 5.19. The minimum atomic E-state index is -0.561. The van der Waals surface area contributed by atoms with E-state index in [1.807, 2.05) is 34.6 Å². The van der Waals surface area contributed by atoms with Gasteiger partial charge in [-0.25, -0.2) is 4.79 Å². The number of halogens is 1. The first-order chi connectivity index (χ1) is 9.74. The molecule has 0 aliphatic heterocycles. The van der Waals surface area contributed by atoms with Gasteiger partial charge in [-0.1, -0.05) is 13.8 Å². The van der Waals surface area contributed by atoms with Gasteiger partial charge in [-0.05, 0) is 36.7 Å². The van der Waals surface area contributed by atoms with Gasteiger partial charge in [-0.15, -0.1) is 0 Å². The second-order valence-corrected chi connectivity index (χ2v) is 6.04. The van der Waals surface area contributed by atoms with Crippen LogP contribution in [0.15, 0.2) is 10.7 Å². The Morgan fingerprint density at radius 1 is 1.48 bits per heavy atom. The molecule has 1 aromatic heterocycles. The zero-order valence-corrected chi connectivity index (χ0v) is 15.3. The molecule has 1 amide bonds. The number of aliphatic hydroxyl groups is 1. The van der Waals surface area contributed by atoms with Crippen molar-refractivity contribution in [2.45, 2.75) is 46.8 Å². The minimum absolute atomic E-state index is 0.116. The predicted octanol–water partition coefficient (Wildman–Crippen LogP) is 2.94. The molecule has 0 aliphatic rings. The minimum Gasteiger partial charge on any atom is -0.444 e. The summed E-state index contributed by atoms with van der Waals surface area (Å²) in [6.45, 7) is 9.85. The number of hydrogen-bond donors (Lipinski definition) is 1. The molecular formula is C14H26BrN3O3. The van der Waals surface area contributed by atoms with Crippen molar-refractivity contribution in [1.29, 1.82) is 0 Å². The predicted molar refractivity (Wildman–Crippen MR) is 86.0 cm³/mol. The van der Waals surface area contributed by atoms with Crippen LogP contribution in [-0.2, 0) is 18.3 Å². The third-order valence-corrected chi connectivity index (χ3v) is 3.04. The summed E-state index contributed by atoms with van der Waals surface area (Å²) in [5.74, 6) is 0. The van der Waals surface area contributed by atoms with Crippen molar-refractivity contribution in [2.75, 3.05) is 13.2 Å². The lowest BCUT2D eigenvalue weighted by molar-refractivity contribution is 0.0197. The first-order valence-electron chi connectivity index (χ1n) is 6.99. The van der Waals surface area contributed by atoms with Crippen LogP contribution in [0.3, 0.4) is 0 Å². The summed E-state index contributed by atoms with van der Waals surface area (Å²) in [5, 5.41) is 13.2. The van der Waals surface area contributed by atoms with E-state index in [1.165, 1.54) is 4.90 Å². The maximum absolute atomic E-state index is 12.0. The molecule has 0 saturated heterocycles. The van der Waals surface area contributed by atoms with E-state index >= 15 is 0 Å². The molecule has 0 bridgehead atoms. The Kier molecular flexibility index (Phi) is 8.58. The third-order valence-electron chi connectivity index (χ3n) is 2.37.